The minimum Gasteiger partial charge on any atom is -0.351 e. The van der Waals surface area contributed by atoms with E-state index in [0.717, 1.165) is 51.2 Å². The number of fused-ring (bicyclic) bond motifs is 4. The summed E-state index contributed by atoms with van der Waals surface area (Å²) in [6.07, 6.45) is 7.45. The maximum absolute atomic E-state index is 14.0. The first-order valence-electron chi connectivity index (χ1n) is 14.0. The van der Waals surface area contributed by atoms with Crippen LogP contribution in [0.25, 0.3) is 0 Å². The highest BCUT2D eigenvalue weighted by atomic mass is 32.2. The Morgan fingerprint density at radius 2 is 1.79 bits per heavy atom. The maximum Gasteiger partial charge on any atom is 0.237 e. The van der Waals surface area contributed by atoms with Gasteiger partial charge in [-0.25, -0.2) is 21.1 Å². The second-order valence-corrected chi connectivity index (χ2v) is 17.3. The monoisotopic (exact) mass is 565 g/mol. The van der Waals surface area contributed by atoms with Crippen molar-refractivity contribution in [3.05, 3.63) is 35.4 Å². The van der Waals surface area contributed by atoms with Crippen LogP contribution in [-0.2, 0) is 36.5 Å². The van der Waals surface area contributed by atoms with Gasteiger partial charge in [0.05, 0.1) is 17.5 Å². The molecule has 2 bridgehead atoms. The van der Waals surface area contributed by atoms with E-state index in [1.807, 2.05) is 0 Å². The van der Waals surface area contributed by atoms with E-state index in [1.54, 1.807) is 4.31 Å². The van der Waals surface area contributed by atoms with Crippen molar-refractivity contribution in [3.63, 3.8) is 0 Å². The fourth-order valence-corrected chi connectivity index (χ4v) is 11.2. The summed E-state index contributed by atoms with van der Waals surface area (Å²) >= 11 is 0. The Morgan fingerprint density at radius 3 is 2.45 bits per heavy atom. The second kappa shape index (κ2) is 9.56. The number of sulfone groups is 1. The van der Waals surface area contributed by atoms with Crippen molar-refractivity contribution in [2.75, 3.05) is 30.9 Å². The highest BCUT2D eigenvalue weighted by molar-refractivity contribution is 7.90. The number of rotatable bonds is 8. The van der Waals surface area contributed by atoms with Crippen LogP contribution in [0.4, 0.5) is 0 Å². The predicted molar refractivity (Wildman–Crippen MR) is 149 cm³/mol. The number of carbonyl (C=O) groups is 1. The van der Waals surface area contributed by atoms with Crippen molar-refractivity contribution >= 4 is 25.8 Å². The van der Waals surface area contributed by atoms with Crippen LogP contribution in [0.5, 0.6) is 0 Å². The molecule has 5 rings (SSSR count). The van der Waals surface area contributed by atoms with Gasteiger partial charge in [0.25, 0.3) is 0 Å². The minimum absolute atomic E-state index is 0.0244. The van der Waals surface area contributed by atoms with Crippen molar-refractivity contribution in [1.82, 2.24) is 9.62 Å². The fourth-order valence-electron chi connectivity index (χ4n) is 8.27. The van der Waals surface area contributed by atoms with Gasteiger partial charge in [0.2, 0.25) is 15.9 Å². The van der Waals surface area contributed by atoms with E-state index in [1.165, 1.54) is 11.1 Å². The first-order chi connectivity index (χ1) is 17.7. The van der Waals surface area contributed by atoms with Crippen LogP contribution in [0, 0.1) is 16.7 Å². The van der Waals surface area contributed by atoms with E-state index in [4.69, 9.17) is 5.73 Å². The molecule has 4 atom stereocenters. The molecule has 0 unspecified atom stereocenters. The Morgan fingerprint density at radius 1 is 1.11 bits per heavy atom. The van der Waals surface area contributed by atoms with Crippen LogP contribution in [0.3, 0.4) is 0 Å². The molecule has 3 N–H and O–H groups in total. The van der Waals surface area contributed by atoms with Gasteiger partial charge in [-0.2, -0.15) is 0 Å². The zero-order chi connectivity index (χ0) is 27.6. The minimum atomic E-state index is -3.55. The molecule has 1 aromatic carbocycles. The Kier molecular flexibility index (Phi) is 7.06. The molecule has 212 valence electrons. The van der Waals surface area contributed by atoms with Gasteiger partial charge in [0.1, 0.15) is 9.84 Å². The van der Waals surface area contributed by atoms with E-state index in [0.29, 0.717) is 19.0 Å². The molecule has 3 aliphatic carbocycles. The molecule has 38 heavy (non-hydrogen) atoms. The lowest BCUT2D eigenvalue weighted by Crippen LogP contribution is -2.57. The zero-order valence-electron chi connectivity index (χ0n) is 22.9. The SMILES string of the molecule is CC1(C)[C@@H]2CC[C@@]1(CS(=O)(=O)N1CCC3(CCc4ccccc43)CC1)[C@@H](NC(=O)[C@H](N)CCS(C)(=O)=O)C2. The highest BCUT2D eigenvalue weighted by Gasteiger charge is 2.66. The molecule has 1 aliphatic heterocycles. The van der Waals surface area contributed by atoms with E-state index in [2.05, 4.69) is 43.4 Å². The third-order valence-corrected chi connectivity index (χ3v) is 13.9. The van der Waals surface area contributed by atoms with Crippen LogP contribution >= 0.6 is 0 Å². The number of nitrogens with one attached hydrogen (secondary N) is 1. The lowest BCUT2D eigenvalue weighted by atomic mass is 9.69. The fraction of sp³-hybridized carbons (Fsp3) is 0.750. The van der Waals surface area contributed by atoms with E-state index in [9.17, 15) is 21.6 Å². The largest absolute Gasteiger partial charge is 0.351 e. The number of sulfonamides is 1. The number of aryl methyl sites for hydroxylation is 1. The Bertz CT molecular complexity index is 1300. The first kappa shape index (κ1) is 28.1. The van der Waals surface area contributed by atoms with Gasteiger partial charge < -0.3 is 11.1 Å². The third-order valence-electron chi connectivity index (χ3n) is 10.9. The van der Waals surface area contributed by atoms with Gasteiger partial charge in [-0.15, -0.1) is 0 Å². The summed E-state index contributed by atoms with van der Waals surface area (Å²) in [5.41, 5.74) is 8.13. The van der Waals surface area contributed by atoms with E-state index >= 15 is 0 Å². The molecular formula is C28H43N3O5S2. The van der Waals surface area contributed by atoms with Crippen molar-refractivity contribution < 1.29 is 21.6 Å². The number of amides is 1. The van der Waals surface area contributed by atoms with Gasteiger partial charge in [-0.3, -0.25) is 4.79 Å². The van der Waals surface area contributed by atoms with Crippen molar-refractivity contribution in [3.8, 4) is 0 Å². The van der Waals surface area contributed by atoms with Crippen molar-refractivity contribution in [1.29, 1.82) is 0 Å². The topological polar surface area (TPSA) is 127 Å². The van der Waals surface area contributed by atoms with Gasteiger partial charge in [-0.1, -0.05) is 38.1 Å². The molecule has 2 saturated carbocycles. The summed E-state index contributed by atoms with van der Waals surface area (Å²) in [6.45, 7) is 5.36. The average molecular weight is 566 g/mol. The maximum atomic E-state index is 14.0. The van der Waals surface area contributed by atoms with Gasteiger partial charge in [-0.05, 0) is 79.2 Å². The smallest absolute Gasteiger partial charge is 0.237 e. The summed E-state index contributed by atoms with van der Waals surface area (Å²) < 4.78 is 52.7. The average Bonchev–Trinajstić information content (AvgIpc) is 3.39. The number of hydrogen-bond donors (Lipinski definition) is 2. The molecule has 4 aliphatic rings. The summed E-state index contributed by atoms with van der Waals surface area (Å²) in [4.78, 5) is 13.0. The Labute approximate surface area is 228 Å². The molecule has 0 aromatic heterocycles. The lowest BCUT2D eigenvalue weighted by molar-refractivity contribution is -0.124. The highest BCUT2D eigenvalue weighted by Crippen LogP contribution is 2.66. The van der Waals surface area contributed by atoms with Gasteiger partial charge in [0.15, 0.2) is 0 Å². The second-order valence-electron chi connectivity index (χ2n) is 13.0. The molecule has 1 spiro atoms. The van der Waals surface area contributed by atoms with E-state index in [-0.39, 0.29) is 34.8 Å². The van der Waals surface area contributed by atoms with Gasteiger partial charge >= 0.3 is 0 Å². The molecule has 1 saturated heterocycles. The molecule has 3 fully saturated rings. The normalized spacial score (nSPS) is 30.8. The molecule has 1 aromatic rings. The lowest BCUT2D eigenvalue weighted by Gasteiger charge is -2.45. The number of carbonyl (C=O) groups excluding carboxylic acids is 1. The third kappa shape index (κ3) is 4.73. The number of hydrogen-bond acceptors (Lipinski definition) is 6. The molecule has 10 heteroatoms. The van der Waals surface area contributed by atoms with Crippen LogP contribution in [0.2, 0.25) is 0 Å². The van der Waals surface area contributed by atoms with Crippen molar-refractivity contribution in [2.24, 2.45) is 22.5 Å². The number of nitrogens with two attached hydrogens (primary N) is 1. The Balaban J connectivity index is 1.30. The molecular weight excluding hydrogens is 522 g/mol. The van der Waals surface area contributed by atoms with Crippen LogP contribution in [-0.4, -0.2) is 70.0 Å². The summed E-state index contributed by atoms with van der Waals surface area (Å²) in [6, 6.07) is 7.37. The molecule has 1 heterocycles. The summed E-state index contributed by atoms with van der Waals surface area (Å²) in [5.74, 6) is -0.189. The first-order valence-corrected chi connectivity index (χ1v) is 17.7. The summed E-state index contributed by atoms with van der Waals surface area (Å²) in [7, 11) is -6.78. The Hall–Kier alpha value is -1.49. The van der Waals surface area contributed by atoms with Gasteiger partial charge in [0, 0.05) is 30.8 Å². The van der Waals surface area contributed by atoms with Crippen LogP contribution in [0.15, 0.2) is 24.3 Å². The van der Waals surface area contributed by atoms with Crippen LogP contribution in [0.1, 0.15) is 69.9 Å². The quantitative estimate of drug-likeness (QED) is 0.498. The summed E-state index contributed by atoms with van der Waals surface area (Å²) in [5, 5.41) is 3.08. The number of benzene rings is 1. The molecule has 0 radical (unpaired) electrons. The zero-order valence-corrected chi connectivity index (χ0v) is 24.5. The predicted octanol–water partition coefficient (Wildman–Crippen LogP) is 2.37. The number of nitrogens with zero attached hydrogens (tertiary/aromatic N) is 1. The molecule has 1 amide bonds. The standard InChI is InChI=1S/C28H43N3O5S2/c1-26(2)21-9-12-28(26,24(18-21)30-25(32)23(29)10-17-37(3,33)34)19-38(35,36)31-15-13-27(14-16-31)11-8-20-6-4-5-7-22(20)27/h4-7,21,23-24H,8-19,29H2,1-3H3,(H,30,32)/t21-,23-,24+,28-/m1/s1. The number of piperidine rings is 1. The molecule has 8 nitrogen and oxygen atoms in total. The van der Waals surface area contributed by atoms with Crippen LogP contribution < -0.4 is 11.1 Å². The van der Waals surface area contributed by atoms with Crippen molar-refractivity contribution in [2.45, 2.75) is 82.7 Å². The van der Waals surface area contributed by atoms with E-state index < -0.39 is 37.2 Å².